The van der Waals surface area contributed by atoms with Gasteiger partial charge in [-0.2, -0.15) is 0 Å². The van der Waals surface area contributed by atoms with E-state index in [9.17, 15) is 9.90 Å². The first-order valence-corrected chi connectivity index (χ1v) is 14.4. The average molecular weight is 519 g/mol. The minimum absolute atomic E-state index is 0.0259. The molecular weight excluding hydrogens is 464 g/mol. The van der Waals surface area contributed by atoms with Crippen LogP contribution in [0.5, 0.6) is 0 Å². The molecule has 4 N–H and O–H groups in total. The summed E-state index contributed by atoms with van der Waals surface area (Å²) in [4.78, 5) is 17.5. The fraction of sp³-hybridized carbons (Fsp3) is 0.767. The molecule has 3 atom stereocenters. The Balaban J connectivity index is 2.09. The maximum Gasteiger partial charge on any atom is 0.223 e. The van der Waals surface area contributed by atoms with Crippen LogP contribution in [0.25, 0.3) is 0 Å². The van der Waals surface area contributed by atoms with E-state index in [1.807, 2.05) is 13.8 Å². The number of aliphatic hydroxyl groups excluding tert-OH is 1. The summed E-state index contributed by atoms with van der Waals surface area (Å²) in [7, 11) is 1.76. The number of aryl methyl sites for hydroxylation is 1. The van der Waals surface area contributed by atoms with Crippen LogP contribution in [0, 0.1) is 18.8 Å². The third-order valence-corrected chi connectivity index (χ3v) is 7.79. The van der Waals surface area contributed by atoms with Crippen molar-refractivity contribution in [2.45, 2.75) is 98.4 Å². The molecule has 0 aromatic heterocycles. The lowest BCUT2D eigenvalue weighted by Gasteiger charge is -2.35. The second kappa shape index (κ2) is 15.7. The van der Waals surface area contributed by atoms with Crippen LogP contribution in [0.15, 0.2) is 12.1 Å². The lowest BCUT2D eigenvalue weighted by molar-refractivity contribution is -0.127. The van der Waals surface area contributed by atoms with Crippen molar-refractivity contribution in [1.29, 1.82) is 0 Å². The van der Waals surface area contributed by atoms with Gasteiger partial charge in [-0.1, -0.05) is 33.3 Å². The van der Waals surface area contributed by atoms with Gasteiger partial charge >= 0.3 is 0 Å². The van der Waals surface area contributed by atoms with Gasteiger partial charge in [0.05, 0.1) is 12.7 Å². The highest BCUT2D eigenvalue weighted by Crippen LogP contribution is 2.32. The summed E-state index contributed by atoms with van der Waals surface area (Å²) in [5.74, 6) is -0.0750. The lowest BCUT2D eigenvalue weighted by Crippen LogP contribution is -2.48. The highest BCUT2D eigenvalue weighted by Gasteiger charge is 2.29. The van der Waals surface area contributed by atoms with E-state index in [2.05, 4.69) is 54.9 Å². The number of fused-ring (bicyclic) bond motifs is 1. The zero-order valence-corrected chi connectivity index (χ0v) is 24.6. The van der Waals surface area contributed by atoms with Crippen molar-refractivity contribution >= 4 is 11.6 Å². The molecule has 1 aliphatic rings. The summed E-state index contributed by atoms with van der Waals surface area (Å²) in [5, 5.41) is 14.1. The topological polar surface area (TPSA) is 91.1 Å². The number of anilines is 1. The Labute approximate surface area is 226 Å². The molecule has 0 radical (unpaired) electrons. The van der Waals surface area contributed by atoms with Crippen LogP contribution in [-0.2, 0) is 22.5 Å². The van der Waals surface area contributed by atoms with Gasteiger partial charge in [-0.25, -0.2) is 0 Å². The lowest BCUT2D eigenvalue weighted by atomic mass is 9.87. The number of hydrogen-bond donors (Lipinski definition) is 3. The van der Waals surface area contributed by atoms with Crippen molar-refractivity contribution in [1.82, 2.24) is 10.2 Å². The van der Waals surface area contributed by atoms with E-state index >= 15 is 0 Å². The van der Waals surface area contributed by atoms with Crippen LogP contribution in [0.2, 0.25) is 0 Å². The van der Waals surface area contributed by atoms with Crippen molar-refractivity contribution in [2.75, 3.05) is 44.8 Å². The van der Waals surface area contributed by atoms with E-state index in [-0.39, 0.29) is 23.8 Å². The quantitative estimate of drug-likeness (QED) is 0.288. The number of carbonyl (C=O) groups is 1. The van der Waals surface area contributed by atoms with E-state index in [1.165, 1.54) is 28.8 Å². The second-order valence-corrected chi connectivity index (χ2v) is 11.5. The molecule has 0 saturated carbocycles. The Hall–Kier alpha value is -1.67. The first kappa shape index (κ1) is 31.5. The van der Waals surface area contributed by atoms with Crippen molar-refractivity contribution in [2.24, 2.45) is 17.6 Å². The zero-order chi connectivity index (χ0) is 27.5. The maximum absolute atomic E-state index is 12.7. The number of nitrogens with two attached hydrogens (primary N) is 1. The molecule has 7 heteroatoms. The van der Waals surface area contributed by atoms with Gasteiger partial charge in [0.25, 0.3) is 0 Å². The molecule has 1 aromatic rings. The number of ether oxygens (including phenoxy) is 1. The normalized spacial score (nSPS) is 16.3. The van der Waals surface area contributed by atoms with Crippen LogP contribution < -0.4 is 16.0 Å². The van der Waals surface area contributed by atoms with Gasteiger partial charge in [0, 0.05) is 63.5 Å². The van der Waals surface area contributed by atoms with E-state index in [0.717, 1.165) is 45.5 Å². The van der Waals surface area contributed by atoms with E-state index in [1.54, 1.807) is 7.11 Å². The van der Waals surface area contributed by atoms with E-state index < -0.39 is 12.1 Å². The molecule has 7 nitrogen and oxygen atoms in total. The van der Waals surface area contributed by atoms with E-state index in [0.29, 0.717) is 19.5 Å². The Morgan fingerprint density at radius 1 is 1.27 bits per heavy atom. The predicted molar refractivity (Wildman–Crippen MR) is 154 cm³/mol. The van der Waals surface area contributed by atoms with E-state index in [4.69, 9.17) is 10.5 Å². The molecular formula is C30H54N4O3. The average Bonchev–Trinajstić information content (AvgIpc) is 2.85. The maximum atomic E-state index is 12.7. The van der Waals surface area contributed by atoms with Crippen LogP contribution in [0.3, 0.4) is 0 Å². The number of hydrogen-bond acceptors (Lipinski definition) is 6. The number of carbonyl (C=O) groups excluding carboxylic acids is 1. The summed E-state index contributed by atoms with van der Waals surface area (Å²) >= 11 is 0. The summed E-state index contributed by atoms with van der Waals surface area (Å²) in [6, 6.07) is 4.50. The molecule has 1 amide bonds. The molecule has 0 bridgehead atoms. The molecule has 212 valence electrons. The van der Waals surface area contributed by atoms with Gasteiger partial charge in [-0.15, -0.1) is 0 Å². The first-order valence-electron chi connectivity index (χ1n) is 14.4. The molecule has 0 fully saturated rings. The molecule has 0 aliphatic carbocycles. The highest BCUT2D eigenvalue weighted by atomic mass is 16.5. The van der Waals surface area contributed by atoms with Gasteiger partial charge in [0.2, 0.25) is 5.91 Å². The number of unbranched alkanes of at least 4 members (excludes halogenated alkanes) is 1. The largest absolute Gasteiger partial charge is 0.391 e. The minimum Gasteiger partial charge on any atom is -0.391 e. The minimum atomic E-state index is -0.736. The monoisotopic (exact) mass is 518 g/mol. The van der Waals surface area contributed by atoms with Gasteiger partial charge in [0.15, 0.2) is 0 Å². The number of rotatable bonds is 16. The fourth-order valence-electron chi connectivity index (χ4n) is 5.29. The number of nitrogens with zero attached hydrogens (tertiary/aromatic N) is 2. The van der Waals surface area contributed by atoms with Crippen molar-refractivity contribution in [3.63, 3.8) is 0 Å². The molecule has 1 aliphatic heterocycles. The number of nitrogens with one attached hydrogen (secondary N) is 1. The van der Waals surface area contributed by atoms with Crippen LogP contribution in [0.4, 0.5) is 5.69 Å². The van der Waals surface area contributed by atoms with Crippen molar-refractivity contribution in [3.05, 3.63) is 28.8 Å². The van der Waals surface area contributed by atoms with Gasteiger partial charge in [-0.05, 0) is 75.1 Å². The Morgan fingerprint density at radius 3 is 2.62 bits per heavy atom. The Bertz CT molecular complexity index is 829. The molecule has 0 unspecified atom stereocenters. The number of methoxy groups -OCH3 is 1. The Kier molecular flexibility index (Phi) is 13.4. The van der Waals surface area contributed by atoms with Gasteiger partial charge in [-0.3, -0.25) is 9.69 Å². The molecule has 0 saturated heterocycles. The second-order valence-electron chi connectivity index (χ2n) is 11.5. The van der Waals surface area contributed by atoms with Crippen LogP contribution in [0.1, 0.15) is 77.0 Å². The summed E-state index contributed by atoms with van der Waals surface area (Å²) < 4.78 is 5.35. The third-order valence-electron chi connectivity index (χ3n) is 7.79. The highest BCUT2D eigenvalue weighted by molar-refractivity contribution is 5.78. The Morgan fingerprint density at radius 2 is 2.00 bits per heavy atom. The third kappa shape index (κ3) is 9.54. The zero-order valence-electron chi connectivity index (χ0n) is 24.6. The summed E-state index contributed by atoms with van der Waals surface area (Å²) in [5.41, 5.74) is 11.9. The predicted octanol–water partition coefficient (Wildman–Crippen LogP) is 3.87. The van der Waals surface area contributed by atoms with Crippen molar-refractivity contribution in [3.8, 4) is 0 Å². The molecule has 37 heavy (non-hydrogen) atoms. The van der Waals surface area contributed by atoms with Crippen molar-refractivity contribution < 1.29 is 14.6 Å². The number of aliphatic hydroxyl groups is 1. The first-order chi connectivity index (χ1) is 17.6. The molecule has 0 spiro atoms. The molecule has 1 aromatic carbocycles. The SMILES string of the molecule is CCCCNC(=O)[C@@H](C[C@H](O)[C@@H](N)CN(Cc1cc(C)c2c(c1)N(CCOC)CCC2)C(C)C)C(C)C. The van der Waals surface area contributed by atoms with Gasteiger partial charge < -0.3 is 25.8 Å². The molecule has 1 heterocycles. The van der Waals surface area contributed by atoms with Crippen LogP contribution >= 0.6 is 0 Å². The number of amides is 1. The smallest absolute Gasteiger partial charge is 0.223 e. The fourth-order valence-corrected chi connectivity index (χ4v) is 5.29. The summed E-state index contributed by atoms with van der Waals surface area (Å²) in [6.45, 7) is 17.5. The standard InChI is InChI=1S/C30H54N4O3/c1-8-9-12-32-30(36)26(21(2)3)18-29(35)27(31)20-34(22(4)5)19-24-16-23(6)25-11-10-13-33(14-15-37-7)28(25)17-24/h16-17,21-22,26-27,29,35H,8-15,18-20,31H2,1-7H3,(H,32,36)/t26-,27-,29-/m0/s1. The van der Waals surface area contributed by atoms with Gasteiger partial charge in [0.1, 0.15) is 0 Å². The number of benzene rings is 1. The summed E-state index contributed by atoms with van der Waals surface area (Å²) in [6.07, 6.45) is 3.96. The van der Waals surface area contributed by atoms with Crippen LogP contribution in [-0.4, -0.2) is 74.0 Å². The molecule has 2 rings (SSSR count).